The monoisotopic (exact) mass is 788 g/mol. The second-order valence-corrected chi connectivity index (χ2v) is 14.8. The van der Waals surface area contributed by atoms with Crippen LogP contribution in [0.2, 0.25) is 0 Å². The molecule has 0 N–H and O–H groups in total. The molecule has 1 aliphatic rings. The summed E-state index contributed by atoms with van der Waals surface area (Å²) < 4.78 is 25.5. The Kier molecular flexibility index (Phi) is 11.8. The van der Waals surface area contributed by atoms with Gasteiger partial charge in [-0.05, 0) is 33.4 Å². The highest BCUT2D eigenvalue weighted by Gasteiger charge is 2.54. The molecule has 1 fully saturated rings. The van der Waals surface area contributed by atoms with Crippen LogP contribution in [0.25, 0.3) is 0 Å². The molecule has 0 unspecified atom stereocenters. The van der Waals surface area contributed by atoms with E-state index in [-0.39, 0.29) is 35.7 Å². The van der Waals surface area contributed by atoms with Crippen molar-refractivity contribution in [3.05, 3.63) is 239 Å². The zero-order chi connectivity index (χ0) is 40.4. The van der Waals surface area contributed by atoms with Crippen LogP contribution in [0.4, 0.5) is 0 Å². The standard InChI is InChI=1S/C52H44N4O4/c1-7-19-37(20-8-1)33-57-45-31-43(53-51(55-45)59-35-39-23-11-3-12-24-39)49-47(41-27-15-5-16-28-41)50(48(49)42-29-17-6-18-30-42)44-32-46(58-34-38-21-9-2-10-22-38)56-52(54-44)60-36-40-25-13-4-14-26-40/h1-32,47-50H,33-36H2/t47-,48-,49-,50+. The third kappa shape index (κ3) is 9.19. The van der Waals surface area contributed by atoms with Gasteiger partial charge in [0.25, 0.3) is 0 Å². The van der Waals surface area contributed by atoms with Gasteiger partial charge in [-0.1, -0.05) is 182 Å². The van der Waals surface area contributed by atoms with Crippen LogP contribution in [0.3, 0.4) is 0 Å². The molecule has 296 valence electrons. The van der Waals surface area contributed by atoms with Crippen LogP contribution >= 0.6 is 0 Å². The van der Waals surface area contributed by atoms with Crippen molar-refractivity contribution in [3.63, 3.8) is 0 Å². The van der Waals surface area contributed by atoms with Crippen molar-refractivity contribution in [2.75, 3.05) is 0 Å². The molecule has 0 amide bonds. The quantitative estimate of drug-likeness (QED) is 0.0956. The van der Waals surface area contributed by atoms with E-state index in [0.717, 1.165) is 44.8 Å². The van der Waals surface area contributed by atoms with E-state index in [0.29, 0.717) is 38.2 Å². The van der Waals surface area contributed by atoms with Gasteiger partial charge in [0.1, 0.15) is 26.4 Å². The minimum atomic E-state index is -0.113. The maximum Gasteiger partial charge on any atom is 0.320 e. The second kappa shape index (κ2) is 18.5. The molecule has 0 radical (unpaired) electrons. The minimum absolute atomic E-state index is 0.0610. The SMILES string of the molecule is c1ccc(COc2cc([C@H]3[C@H](c4ccccc4)[C@@H](c4cc(OCc5ccccc5)nc(OCc5ccccc5)n4)[C@H]3c3ccccc3)nc(OCc3ccccc3)n2)cc1. The molecular weight excluding hydrogens is 745 g/mol. The van der Waals surface area contributed by atoms with Gasteiger partial charge in [0, 0.05) is 35.8 Å². The Balaban J connectivity index is 1.14. The van der Waals surface area contributed by atoms with Gasteiger partial charge in [0.05, 0.1) is 11.4 Å². The number of hydrogen-bond donors (Lipinski definition) is 0. The van der Waals surface area contributed by atoms with E-state index in [1.165, 1.54) is 0 Å². The Labute approximate surface area is 350 Å². The Morgan fingerprint density at radius 2 is 0.583 bits per heavy atom. The second-order valence-electron chi connectivity index (χ2n) is 14.8. The lowest BCUT2D eigenvalue weighted by Crippen LogP contribution is -2.41. The van der Waals surface area contributed by atoms with Gasteiger partial charge in [-0.3, -0.25) is 0 Å². The average molecular weight is 789 g/mol. The third-order valence-corrected chi connectivity index (χ3v) is 10.9. The van der Waals surface area contributed by atoms with Crippen molar-refractivity contribution in [1.29, 1.82) is 0 Å². The fraction of sp³-hybridized carbons (Fsp3) is 0.154. The molecule has 0 saturated heterocycles. The Hall–Kier alpha value is -7.32. The highest BCUT2D eigenvalue weighted by Crippen LogP contribution is 2.66. The van der Waals surface area contributed by atoms with Gasteiger partial charge in [-0.2, -0.15) is 19.9 Å². The summed E-state index contributed by atoms with van der Waals surface area (Å²) in [7, 11) is 0. The number of ether oxygens (including phenoxy) is 4. The molecule has 2 aromatic heterocycles. The van der Waals surface area contributed by atoms with E-state index in [4.69, 9.17) is 38.9 Å². The first-order valence-electron chi connectivity index (χ1n) is 20.3. The van der Waals surface area contributed by atoms with Crippen LogP contribution in [0, 0.1) is 0 Å². The van der Waals surface area contributed by atoms with E-state index < -0.39 is 0 Å². The maximum atomic E-state index is 6.41. The molecule has 9 rings (SSSR count). The summed E-state index contributed by atoms with van der Waals surface area (Å²) in [6, 6.07) is 65.9. The number of aromatic nitrogens is 4. The number of benzene rings is 6. The first-order chi connectivity index (χ1) is 29.7. The summed E-state index contributed by atoms with van der Waals surface area (Å²) >= 11 is 0. The van der Waals surface area contributed by atoms with Crippen LogP contribution in [-0.2, 0) is 26.4 Å². The predicted molar refractivity (Wildman–Crippen MR) is 231 cm³/mol. The summed E-state index contributed by atoms with van der Waals surface area (Å²) in [5.41, 5.74) is 8.09. The van der Waals surface area contributed by atoms with Crippen molar-refractivity contribution in [2.24, 2.45) is 0 Å². The molecule has 8 heteroatoms. The summed E-state index contributed by atoms with van der Waals surface area (Å²) in [5.74, 6) is 0.549. The highest BCUT2D eigenvalue weighted by molar-refractivity contribution is 5.47. The molecule has 0 atom stereocenters. The molecule has 1 aliphatic carbocycles. The average Bonchev–Trinajstić information content (AvgIpc) is 3.30. The molecule has 0 bridgehead atoms. The fourth-order valence-corrected chi connectivity index (χ4v) is 8.03. The highest BCUT2D eigenvalue weighted by atomic mass is 16.5. The smallest absolute Gasteiger partial charge is 0.320 e. The molecule has 1 saturated carbocycles. The van der Waals surface area contributed by atoms with Gasteiger partial charge in [0.15, 0.2) is 0 Å². The van der Waals surface area contributed by atoms with Crippen LogP contribution in [0.15, 0.2) is 194 Å². The molecular formula is C52H44N4O4. The molecule has 0 aliphatic heterocycles. The van der Waals surface area contributed by atoms with Crippen molar-refractivity contribution in [2.45, 2.75) is 50.1 Å². The van der Waals surface area contributed by atoms with E-state index in [1.807, 2.05) is 146 Å². The van der Waals surface area contributed by atoms with E-state index >= 15 is 0 Å². The molecule has 6 aromatic carbocycles. The first kappa shape index (κ1) is 38.2. The largest absolute Gasteiger partial charge is 0.473 e. The summed E-state index contributed by atoms with van der Waals surface area (Å²) in [5, 5.41) is 0. The van der Waals surface area contributed by atoms with Gasteiger partial charge >= 0.3 is 12.0 Å². The van der Waals surface area contributed by atoms with Crippen molar-refractivity contribution in [3.8, 4) is 23.8 Å². The van der Waals surface area contributed by atoms with Gasteiger partial charge in [-0.15, -0.1) is 0 Å². The van der Waals surface area contributed by atoms with Crippen LogP contribution in [0.5, 0.6) is 23.8 Å². The molecule has 0 spiro atoms. The van der Waals surface area contributed by atoms with Gasteiger partial charge in [0.2, 0.25) is 11.8 Å². The van der Waals surface area contributed by atoms with Crippen LogP contribution in [-0.4, -0.2) is 19.9 Å². The number of rotatable bonds is 16. The lowest BCUT2D eigenvalue weighted by molar-refractivity contribution is 0.205. The Bertz CT molecular complexity index is 2250. The third-order valence-electron chi connectivity index (χ3n) is 10.9. The lowest BCUT2D eigenvalue weighted by atomic mass is 9.50. The number of hydrogen-bond acceptors (Lipinski definition) is 8. The van der Waals surface area contributed by atoms with Crippen LogP contribution in [0.1, 0.15) is 68.4 Å². The van der Waals surface area contributed by atoms with E-state index in [9.17, 15) is 0 Å². The van der Waals surface area contributed by atoms with Crippen molar-refractivity contribution >= 4 is 0 Å². The molecule has 60 heavy (non-hydrogen) atoms. The maximum absolute atomic E-state index is 6.41. The van der Waals surface area contributed by atoms with Gasteiger partial charge < -0.3 is 18.9 Å². The van der Waals surface area contributed by atoms with Crippen molar-refractivity contribution in [1.82, 2.24) is 19.9 Å². The Morgan fingerprint density at radius 3 is 0.900 bits per heavy atom. The lowest BCUT2D eigenvalue weighted by Gasteiger charge is -2.52. The van der Waals surface area contributed by atoms with E-state index in [1.54, 1.807) is 0 Å². The fourth-order valence-electron chi connectivity index (χ4n) is 8.03. The summed E-state index contributed by atoms with van der Waals surface area (Å²) in [4.78, 5) is 19.9. The summed E-state index contributed by atoms with van der Waals surface area (Å²) in [6.45, 7) is 1.34. The first-order valence-corrected chi connectivity index (χ1v) is 20.3. The number of nitrogens with zero attached hydrogens (tertiary/aromatic N) is 4. The van der Waals surface area contributed by atoms with Gasteiger partial charge in [-0.25, -0.2) is 0 Å². The molecule has 2 heterocycles. The zero-order valence-electron chi connectivity index (χ0n) is 33.0. The van der Waals surface area contributed by atoms with Crippen molar-refractivity contribution < 1.29 is 18.9 Å². The normalized spacial score (nSPS) is 16.9. The van der Waals surface area contributed by atoms with E-state index in [2.05, 4.69) is 48.5 Å². The van der Waals surface area contributed by atoms with Crippen LogP contribution < -0.4 is 18.9 Å². The zero-order valence-corrected chi connectivity index (χ0v) is 33.0. The molecule has 8 nitrogen and oxygen atoms in total. The summed E-state index contributed by atoms with van der Waals surface area (Å²) in [6.07, 6.45) is 0. The predicted octanol–water partition coefficient (Wildman–Crippen LogP) is 11.0. The Morgan fingerprint density at radius 1 is 0.300 bits per heavy atom. The minimum Gasteiger partial charge on any atom is -0.473 e. The molecule has 8 aromatic rings. The topological polar surface area (TPSA) is 88.5 Å².